The van der Waals surface area contributed by atoms with Crippen molar-refractivity contribution in [2.45, 2.75) is 26.8 Å². The quantitative estimate of drug-likeness (QED) is 0.552. The van der Waals surface area contributed by atoms with Crippen molar-refractivity contribution in [1.82, 2.24) is 4.57 Å². The smallest absolute Gasteiger partial charge is 0.339 e. The topological polar surface area (TPSA) is 69.6 Å². The van der Waals surface area contributed by atoms with E-state index in [0.29, 0.717) is 30.2 Å². The molecule has 0 radical (unpaired) electrons. The second-order valence-electron chi connectivity index (χ2n) is 6.80. The monoisotopic (exact) mass is 406 g/mol. The summed E-state index contributed by atoms with van der Waals surface area (Å²) in [5, 5.41) is 2.89. The standard InChI is InChI=1S/C24H26N2O4/c1-4-30-24(28)21-16-22(18-9-6-5-7-10-18)26(17(21)2)14-13-23(27)25-19-11-8-12-20(15-19)29-3/h5-12,15-16H,4,13-14H2,1-3H3,(H,25,27). The van der Waals surface area contributed by atoms with E-state index in [0.717, 1.165) is 17.0 Å². The Hall–Kier alpha value is -3.54. The minimum atomic E-state index is -0.355. The molecule has 156 valence electrons. The number of carbonyl (C=O) groups is 2. The lowest BCUT2D eigenvalue weighted by Crippen LogP contribution is -2.16. The van der Waals surface area contributed by atoms with Gasteiger partial charge in [0, 0.05) is 36.1 Å². The Balaban J connectivity index is 1.81. The zero-order chi connectivity index (χ0) is 21.5. The first-order chi connectivity index (χ1) is 14.5. The number of esters is 1. The number of nitrogens with one attached hydrogen (secondary N) is 1. The Morgan fingerprint density at radius 3 is 2.50 bits per heavy atom. The molecule has 1 aromatic heterocycles. The van der Waals surface area contributed by atoms with Crippen LogP contribution in [0, 0.1) is 6.92 Å². The van der Waals surface area contributed by atoms with Crippen LogP contribution in [0.3, 0.4) is 0 Å². The van der Waals surface area contributed by atoms with Crippen LogP contribution in [0.15, 0.2) is 60.7 Å². The van der Waals surface area contributed by atoms with Gasteiger partial charge < -0.3 is 19.4 Å². The molecule has 0 aliphatic heterocycles. The number of amides is 1. The molecule has 0 atom stereocenters. The van der Waals surface area contributed by atoms with Crippen LogP contribution in [0.2, 0.25) is 0 Å². The fraction of sp³-hybridized carbons (Fsp3) is 0.250. The van der Waals surface area contributed by atoms with Crippen LogP contribution < -0.4 is 10.1 Å². The van der Waals surface area contributed by atoms with Gasteiger partial charge in [0.1, 0.15) is 5.75 Å². The number of hydrogen-bond donors (Lipinski definition) is 1. The van der Waals surface area contributed by atoms with Crippen LogP contribution >= 0.6 is 0 Å². The van der Waals surface area contributed by atoms with Crippen molar-refractivity contribution >= 4 is 17.6 Å². The molecule has 0 aliphatic rings. The van der Waals surface area contributed by atoms with E-state index >= 15 is 0 Å². The molecule has 6 nitrogen and oxygen atoms in total. The lowest BCUT2D eigenvalue weighted by atomic mass is 10.1. The van der Waals surface area contributed by atoms with Gasteiger partial charge in [0.25, 0.3) is 0 Å². The molecule has 6 heteroatoms. The Morgan fingerprint density at radius 2 is 1.80 bits per heavy atom. The summed E-state index contributed by atoms with van der Waals surface area (Å²) in [4.78, 5) is 24.9. The Kier molecular flexibility index (Phi) is 6.91. The molecule has 0 bridgehead atoms. The summed E-state index contributed by atoms with van der Waals surface area (Å²) in [6.07, 6.45) is 0.259. The van der Waals surface area contributed by atoms with Crippen LogP contribution in [0.4, 0.5) is 5.69 Å². The molecule has 1 amide bonds. The predicted molar refractivity (Wildman–Crippen MR) is 117 cm³/mol. The Labute approximate surface area is 176 Å². The van der Waals surface area contributed by atoms with Gasteiger partial charge in [-0.05, 0) is 37.6 Å². The Morgan fingerprint density at radius 1 is 1.03 bits per heavy atom. The van der Waals surface area contributed by atoms with Gasteiger partial charge in [0.15, 0.2) is 0 Å². The fourth-order valence-corrected chi connectivity index (χ4v) is 3.33. The van der Waals surface area contributed by atoms with Gasteiger partial charge >= 0.3 is 5.97 Å². The molecular formula is C24H26N2O4. The van der Waals surface area contributed by atoms with Crippen LogP contribution in [0.25, 0.3) is 11.3 Å². The normalized spacial score (nSPS) is 10.5. The third-order valence-corrected chi connectivity index (χ3v) is 4.85. The molecule has 0 fully saturated rings. The van der Waals surface area contributed by atoms with Crippen LogP contribution in [0.5, 0.6) is 5.75 Å². The minimum Gasteiger partial charge on any atom is -0.497 e. The number of benzene rings is 2. The first-order valence-corrected chi connectivity index (χ1v) is 9.90. The summed E-state index contributed by atoms with van der Waals surface area (Å²) < 4.78 is 12.4. The lowest BCUT2D eigenvalue weighted by Gasteiger charge is -2.13. The second kappa shape index (κ2) is 9.78. The molecule has 1 N–H and O–H groups in total. The molecule has 0 aliphatic carbocycles. The van der Waals surface area contributed by atoms with Crippen molar-refractivity contribution in [3.05, 3.63) is 71.9 Å². The molecule has 1 heterocycles. The van der Waals surface area contributed by atoms with E-state index < -0.39 is 0 Å². The van der Waals surface area contributed by atoms with Gasteiger partial charge in [0.2, 0.25) is 5.91 Å². The van der Waals surface area contributed by atoms with E-state index in [4.69, 9.17) is 9.47 Å². The molecule has 3 aromatic rings. The maximum absolute atomic E-state index is 12.5. The zero-order valence-electron chi connectivity index (χ0n) is 17.5. The van der Waals surface area contributed by atoms with Crippen LogP contribution in [-0.4, -0.2) is 30.2 Å². The van der Waals surface area contributed by atoms with Crippen molar-refractivity contribution in [1.29, 1.82) is 0 Å². The number of anilines is 1. The summed E-state index contributed by atoms with van der Waals surface area (Å²) in [5.41, 5.74) is 3.83. The summed E-state index contributed by atoms with van der Waals surface area (Å²) in [5.74, 6) is 0.208. The largest absolute Gasteiger partial charge is 0.497 e. The Bertz CT molecular complexity index is 1020. The van der Waals surface area contributed by atoms with Crippen molar-refractivity contribution in [2.24, 2.45) is 0 Å². The van der Waals surface area contributed by atoms with Gasteiger partial charge in [-0.25, -0.2) is 4.79 Å². The first-order valence-electron chi connectivity index (χ1n) is 9.90. The van der Waals surface area contributed by atoms with Crippen molar-refractivity contribution in [3.8, 4) is 17.0 Å². The zero-order valence-corrected chi connectivity index (χ0v) is 17.5. The van der Waals surface area contributed by atoms with Crippen LogP contribution in [0.1, 0.15) is 29.4 Å². The molecule has 0 saturated carbocycles. The number of methoxy groups -OCH3 is 1. The van der Waals surface area contributed by atoms with Crippen molar-refractivity contribution < 1.29 is 19.1 Å². The molecule has 0 spiro atoms. The molecule has 3 rings (SSSR count). The summed E-state index contributed by atoms with van der Waals surface area (Å²) in [6.45, 7) is 4.41. The van der Waals surface area contributed by atoms with E-state index in [1.165, 1.54) is 0 Å². The maximum atomic E-state index is 12.5. The summed E-state index contributed by atoms with van der Waals surface area (Å²) >= 11 is 0. The highest BCUT2D eigenvalue weighted by Crippen LogP contribution is 2.27. The van der Waals surface area contributed by atoms with Crippen molar-refractivity contribution in [2.75, 3.05) is 19.0 Å². The highest BCUT2D eigenvalue weighted by molar-refractivity contribution is 5.93. The van der Waals surface area contributed by atoms with Gasteiger partial charge in [-0.2, -0.15) is 0 Å². The number of hydrogen-bond acceptors (Lipinski definition) is 4. The molecule has 30 heavy (non-hydrogen) atoms. The van der Waals surface area contributed by atoms with Gasteiger partial charge in [-0.15, -0.1) is 0 Å². The molecular weight excluding hydrogens is 380 g/mol. The van der Waals surface area contributed by atoms with E-state index in [2.05, 4.69) is 5.32 Å². The fourth-order valence-electron chi connectivity index (χ4n) is 3.33. The van der Waals surface area contributed by atoms with E-state index in [1.54, 1.807) is 20.1 Å². The predicted octanol–water partition coefficient (Wildman–Crippen LogP) is 4.68. The highest BCUT2D eigenvalue weighted by atomic mass is 16.5. The number of aromatic nitrogens is 1. The average Bonchev–Trinajstić information content (AvgIpc) is 3.09. The lowest BCUT2D eigenvalue weighted by molar-refractivity contribution is -0.116. The van der Waals surface area contributed by atoms with Gasteiger partial charge in [-0.1, -0.05) is 36.4 Å². The summed E-state index contributed by atoms with van der Waals surface area (Å²) in [7, 11) is 1.59. The third kappa shape index (κ3) is 4.89. The number of carbonyl (C=O) groups excluding carboxylic acids is 2. The second-order valence-corrected chi connectivity index (χ2v) is 6.80. The number of rotatable bonds is 8. The van der Waals surface area contributed by atoms with E-state index in [-0.39, 0.29) is 18.3 Å². The molecule has 2 aromatic carbocycles. The molecule has 0 saturated heterocycles. The third-order valence-electron chi connectivity index (χ3n) is 4.85. The van der Waals surface area contributed by atoms with E-state index in [9.17, 15) is 9.59 Å². The minimum absolute atomic E-state index is 0.118. The van der Waals surface area contributed by atoms with Crippen molar-refractivity contribution in [3.63, 3.8) is 0 Å². The SMILES string of the molecule is CCOC(=O)c1cc(-c2ccccc2)n(CCC(=O)Nc2cccc(OC)c2)c1C. The van der Waals surface area contributed by atoms with Crippen LogP contribution in [-0.2, 0) is 16.1 Å². The first kappa shape index (κ1) is 21.2. The van der Waals surface area contributed by atoms with E-state index in [1.807, 2.05) is 66.1 Å². The maximum Gasteiger partial charge on any atom is 0.339 e. The summed E-state index contributed by atoms with van der Waals surface area (Å²) in [6, 6.07) is 18.9. The highest BCUT2D eigenvalue weighted by Gasteiger charge is 2.20. The van der Waals surface area contributed by atoms with Gasteiger partial charge in [0.05, 0.1) is 19.3 Å². The molecule has 0 unspecified atom stereocenters. The average molecular weight is 406 g/mol. The number of ether oxygens (including phenoxy) is 2. The number of nitrogens with zero attached hydrogens (tertiary/aromatic N) is 1. The van der Waals surface area contributed by atoms with Gasteiger partial charge in [-0.3, -0.25) is 4.79 Å².